The molecule has 2 heterocycles. The third-order valence-electron chi connectivity index (χ3n) is 5.42. The van der Waals surface area contributed by atoms with E-state index < -0.39 is 27.8 Å². The number of alkyl halides is 3. The van der Waals surface area contributed by atoms with Gasteiger partial charge in [0.25, 0.3) is 0 Å². The average molecular weight is 472 g/mol. The number of benzene rings is 1. The Balaban J connectivity index is 1.60. The van der Waals surface area contributed by atoms with Crippen molar-refractivity contribution in [3.8, 4) is 11.3 Å². The second-order valence-corrected chi connectivity index (χ2v) is 9.69. The van der Waals surface area contributed by atoms with Crippen LogP contribution in [-0.4, -0.2) is 65.6 Å². The van der Waals surface area contributed by atoms with Crippen molar-refractivity contribution in [2.24, 2.45) is 0 Å². The number of hydrogen-bond acceptors (Lipinski definition) is 5. The van der Waals surface area contributed by atoms with Gasteiger partial charge in [0.1, 0.15) is 0 Å². The summed E-state index contributed by atoms with van der Waals surface area (Å²) in [6, 6.07) is 4.20. The summed E-state index contributed by atoms with van der Waals surface area (Å²) < 4.78 is 64.1. The summed E-state index contributed by atoms with van der Waals surface area (Å²) in [5.41, 5.74) is -0.281. The van der Waals surface area contributed by atoms with E-state index in [1.165, 1.54) is 33.7 Å². The number of aromatic nitrogens is 2. The monoisotopic (exact) mass is 471 g/mol. The molecule has 0 saturated carbocycles. The highest BCUT2D eigenvalue weighted by atomic mass is 32.2. The van der Waals surface area contributed by atoms with Gasteiger partial charge in [0, 0.05) is 31.7 Å². The zero-order valence-corrected chi connectivity index (χ0v) is 18.4. The first-order valence-electron chi connectivity index (χ1n) is 10.0. The van der Waals surface area contributed by atoms with Gasteiger partial charge in [-0.05, 0) is 31.9 Å². The number of nitrogens with zero attached hydrogens (tertiary/aromatic N) is 4. The standard InChI is InChI=1S/C20H24F3N5O3S/c1-3-32(30,31)28-9-7-16(8-10-28)27(2)19(29)26-18-13-24-17(12-25-18)14-5-4-6-15(11-14)20(21,22)23/h4-6,11-13,16H,3,7-10H2,1-2H3,(H,25,26,29). The summed E-state index contributed by atoms with van der Waals surface area (Å²) >= 11 is 0. The number of sulfonamides is 1. The topological polar surface area (TPSA) is 95.5 Å². The maximum Gasteiger partial charge on any atom is 0.416 e. The highest BCUT2D eigenvalue weighted by molar-refractivity contribution is 7.89. The van der Waals surface area contributed by atoms with Crippen LogP contribution in [0.1, 0.15) is 25.3 Å². The second kappa shape index (κ2) is 9.41. The molecule has 3 rings (SSSR count). The molecule has 2 amide bonds. The summed E-state index contributed by atoms with van der Waals surface area (Å²) in [7, 11) is -1.62. The number of carbonyl (C=O) groups excluding carboxylic acids is 1. The largest absolute Gasteiger partial charge is 0.416 e. The van der Waals surface area contributed by atoms with E-state index in [2.05, 4.69) is 15.3 Å². The smallest absolute Gasteiger partial charge is 0.324 e. The fraction of sp³-hybridized carbons (Fsp3) is 0.450. The lowest BCUT2D eigenvalue weighted by molar-refractivity contribution is -0.137. The number of rotatable bonds is 5. The number of carbonyl (C=O) groups is 1. The molecule has 1 aromatic carbocycles. The maximum absolute atomic E-state index is 12.9. The number of anilines is 1. The van der Waals surface area contributed by atoms with Crippen LogP contribution in [0, 0.1) is 0 Å². The molecule has 12 heteroatoms. The Bertz CT molecular complexity index is 1050. The van der Waals surface area contributed by atoms with Gasteiger partial charge in [0.15, 0.2) is 5.82 Å². The van der Waals surface area contributed by atoms with Crippen molar-refractivity contribution in [2.45, 2.75) is 32.0 Å². The van der Waals surface area contributed by atoms with Crippen molar-refractivity contribution >= 4 is 21.9 Å². The fourth-order valence-corrected chi connectivity index (χ4v) is 4.58. The molecular weight excluding hydrogens is 447 g/mol. The molecule has 0 spiro atoms. The Morgan fingerprint density at radius 3 is 2.47 bits per heavy atom. The number of nitrogens with one attached hydrogen (secondary N) is 1. The molecule has 1 fully saturated rings. The minimum atomic E-state index is -4.46. The van der Waals surface area contributed by atoms with E-state index in [-0.39, 0.29) is 28.9 Å². The lowest BCUT2D eigenvalue weighted by atomic mass is 10.1. The normalized spacial score (nSPS) is 16.0. The van der Waals surface area contributed by atoms with Gasteiger partial charge in [-0.15, -0.1) is 0 Å². The predicted molar refractivity (Wildman–Crippen MR) is 113 cm³/mol. The van der Waals surface area contributed by atoms with Gasteiger partial charge in [0.2, 0.25) is 10.0 Å². The Labute approximate surface area is 184 Å². The summed E-state index contributed by atoms with van der Waals surface area (Å²) in [5, 5.41) is 2.61. The van der Waals surface area contributed by atoms with Crippen LogP contribution in [0.2, 0.25) is 0 Å². The van der Waals surface area contributed by atoms with Crippen molar-refractivity contribution < 1.29 is 26.4 Å². The van der Waals surface area contributed by atoms with Crippen LogP contribution < -0.4 is 5.32 Å². The first-order chi connectivity index (χ1) is 15.0. The second-order valence-electron chi connectivity index (χ2n) is 7.44. The summed E-state index contributed by atoms with van der Waals surface area (Å²) in [5.74, 6) is 0.201. The number of urea groups is 1. The molecule has 1 aromatic heterocycles. The Morgan fingerprint density at radius 2 is 1.91 bits per heavy atom. The summed E-state index contributed by atoms with van der Waals surface area (Å²) in [6.07, 6.45) is -0.859. The molecule has 8 nitrogen and oxygen atoms in total. The first-order valence-corrected chi connectivity index (χ1v) is 11.6. The van der Waals surface area contributed by atoms with Crippen LogP contribution in [0.5, 0.6) is 0 Å². The number of halogens is 3. The molecule has 0 radical (unpaired) electrons. The van der Waals surface area contributed by atoms with E-state index in [0.717, 1.165) is 12.1 Å². The number of piperidine rings is 1. The lowest BCUT2D eigenvalue weighted by Crippen LogP contribution is -2.48. The van der Waals surface area contributed by atoms with Gasteiger partial charge in [-0.3, -0.25) is 10.3 Å². The van der Waals surface area contributed by atoms with Gasteiger partial charge >= 0.3 is 12.2 Å². The van der Waals surface area contributed by atoms with E-state index in [1.807, 2.05) is 0 Å². The molecule has 1 saturated heterocycles. The molecule has 0 bridgehead atoms. The maximum atomic E-state index is 12.9. The number of hydrogen-bond donors (Lipinski definition) is 1. The van der Waals surface area contributed by atoms with Crippen LogP contribution in [0.25, 0.3) is 11.3 Å². The minimum Gasteiger partial charge on any atom is -0.324 e. The van der Waals surface area contributed by atoms with Gasteiger partial charge < -0.3 is 4.90 Å². The van der Waals surface area contributed by atoms with Crippen LogP contribution >= 0.6 is 0 Å². The molecule has 0 atom stereocenters. The Hall–Kier alpha value is -2.73. The minimum absolute atomic E-state index is 0.0448. The van der Waals surface area contributed by atoms with Crippen molar-refractivity contribution in [2.75, 3.05) is 31.2 Å². The van der Waals surface area contributed by atoms with Crippen molar-refractivity contribution in [1.29, 1.82) is 0 Å². The lowest BCUT2D eigenvalue weighted by Gasteiger charge is -2.35. The van der Waals surface area contributed by atoms with Crippen LogP contribution in [0.3, 0.4) is 0 Å². The molecule has 2 aromatic rings. The molecular formula is C20H24F3N5O3S. The van der Waals surface area contributed by atoms with Crippen LogP contribution in [0.4, 0.5) is 23.8 Å². The van der Waals surface area contributed by atoms with E-state index in [0.29, 0.717) is 25.9 Å². The van der Waals surface area contributed by atoms with Crippen molar-refractivity contribution in [3.05, 3.63) is 42.2 Å². The van der Waals surface area contributed by atoms with E-state index in [1.54, 1.807) is 14.0 Å². The molecule has 1 N–H and O–H groups in total. The third-order valence-corrected chi connectivity index (χ3v) is 7.30. The third kappa shape index (κ3) is 5.54. The summed E-state index contributed by atoms with van der Waals surface area (Å²) in [6.45, 7) is 2.30. The predicted octanol–water partition coefficient (Wildman–Crippen LogP) is 3.44. The molecule has 1 aliphatic heterocycles. The SMILES string of the molecule is CCS(=O)(=O)N1CCC(N(C)C(=O)Nc2cnc(-c3cccc(C(F)(F)F)c3)cn2)CC1. The zero-order chi connectivity index (χ0) is 23.5. The Morgan fingerprint density at radius 1 is 1.22 bits per heavy atom. The summed E-state index contributed by atoms with van der Waals surface area (Å²) in [4.78, 5) is 22.2. The average Bonchev–Trinajstić information content (AvgIpc) is 2.78. The van der Waals surface area contributed by atoms with Gasteiger partial charge in [-0.1, -0.05) is 12.1 Å². The zero-order valence-electron chi connectivity index (χ0n) is 17.6. The van der Waals surface area contributed by atoms with Crippen LogP contribution in [0.15, 0.2) is 36.7 Å². The molecule has 174 valence electrons. The van der Waals surface area contributed by atoms with E-state index in [4.69, 9.17) is 0 Å². The molecule has 1 aliphatic rings. The van der Waals surface area contributed by atoms with Crippen LogP contribution in [-0.2, 0) is 16.2 Å². The van der Waals surface area contributed by atoms with Gasteiger partial charge in [0.05, 0.1) is 29.4 Å². The van der Waals surface area contributed by atoms with Crippen molar-refractivity contribution in [1.82, 2.24) is 19.2 Å². The van der Waals surface area contributed by atoms with Crippen molar-refractivity contribution in [3.63, 3.8) is 0 Å². The van der Waals surface area contributed by atoms with E-state index >= 15 is 0 Å². The fourth-order valence-electron chi connectivity index (χ4n) is 3.45. The molecule has 0 unspecified atom stereocenters. The highest BCUT2D eigenvalue weighted by Crippen LogP contribution is 2.31. The number of amides is 2. The van der Waals surface area contributed by atoms with Gasteiger partial charge in [-0.25, -0.2) is 22.5 Å². The van der Waals surface area contributed by atoms with Gasteiger partial charge in [-0.2, -0.15) is 13.2 Å². The highest BCUT2D eigenvalue weighted by Gasteiger charge is 2.31. The quantitative estimate of drug-likeness (QED) is 0.721. The first kappa shape index (κ1) is 23.9. The molecule has 32 heavy (non-hydrogen) atoms. The molecule has 0 aliphatic carbocycles. The van der Waals surface area contributed by atoms with E-state index in [9.17, 15) is 26.4 Å². The Kier molecular flexibility index (Phi) is 7.03.